The predicted octanol–water partition coefficient (Wildman–Crippen LogP) is 3.90. The van der Waals surface area contributed by atoms with E-state index in [-0.39, 0.29) is 10.0 Å². The molecule has 114 valence electrons. The summed E-state index contributed by atoms with van der Waals surface area (Å²) in [6.07, 6.45) is 0. The molecule has 0 unspecified atom stereocenters. The van der Waals surface area contributed by atoms with Gasteiger partial charge in [0.15, 0.2) is 5.82 Å². The van der Waals surface area contributed by atoms with Crippen LogP contribution in [0.5, 0.6) is 0 Å². The van der Waals surface area contributed by atoms with E-state index >= 15 is 0 Å². The molecule has 1 aromatic carbocycles. The molecule has 0 radical (unpaired) electrons. The molecule has 0 aliphatic carbocycles. The smallest absolute Gasteiger partial charge is 0.272 e. The van der Waals surface area contributed by atoms with Gasteiger partial charge in [-0.25, -0.2) is 8.42 Å². The molecule has 2 heterocycles. The third kappa shape index (κ3) is 3.01. The number of anilines is 1. The Morgan fingerprint density at radius 3 is 2.68 bits per heavy atom. The summed E-state index contributed by atoms with van der Waals surface area (Å²) in [7, 11) is -3.67. The molecule has 0 aliphatic rings. The van der Waals surface area contributed by atoms with E-state index in [4.69, 9.17) is 11.6 Å². The zero-order valence-corrected chi connectivity index (χ0v) is 13.9. The first kappa shape index (κ1) is 15.1. The second kappa shape index (κ2) is 5.75. The highest BCUT2D eigenvalue weighted by atomic mass is 35.5. The number of benzene rings is 1. The Labute approximate surface area is 137 Å². The Kier molecular flexibility index (Phi) is 3.94. The quantitative estimate of drug-likeness (QED) is 0.746. The van der Waals surface area contributed by atoms with E-state index in [2.05, 4.69) is 14.9 Å². The Bertz CT molecular complexity index is 916. The lowest BCUT2D eigenvalue weighted by Gasteiger charge is -2.02. The minimum absolute atomic E-state index is 0.151. The van der Waals surface area contributed by atoms with Crippen molar-refractivity contribution < 1.29 is 8.42 Å². The van der Waals surface area contributed by atoms with Crippen LogP contribution >= 0.6 is 22.9 Å². The van der Waals surface area contributed by atoms with Gasteiger partial charge in [-0.15, -0.1) is 11.3 Å². The van der Waals surface area contributed by atoms with Crippen LogP contribution in [0.4, 0.5) is 5.82 Å². The Hall–Kier alpha value is -1.83. The number of thiophene rings is 1. The number of H-pyrrole nitrogens is 1. The van der Waals surface area contributed by atoms with Gasteiger partial charge in [0.2, 0.25) is 0 Å². The SMILES string of the molecule is Cc1ccccc1-c1cc(NS(=O)(=O)c2ccc(Cl)s2)n[nH]1. The third-order valence-corrected chi connectivity index (χ3v) is 6.14. The monoisotopic (exact) mass is 353 g/mol. The molecule has 3 rings (SSSR count). The maximum absolute atomic E-state index is 12.2. The number of halogens is 1. The van der Waals surface area contributed by atoms with Crippen LogP contribution < -0.4 is 4.72 Å². The van der Waals surface area contributed by atoms with Crippen LogP contribution in [0.2, 0.25) is 4.34 Å². The topological polar surface area (TPSA) is 74.8 Å². The zero-order valence-electron chi connectivity index (χ0n) is 11.5. The van der Waals surface area contributed by atoms with Crippen LogP contribution in [0, 0.1) is 6.92 Å². The van der Waals surface area contributed by atoms with Crippen molar-refractivity contribution in [1.29, 1.82) is 0 Å². The minimum atomic E-state index is -3.67. The number of sulfonamides is 1. The number of nitrogens with zero attached hydrogens (tertiary/aromatic N) is 1. The minimum Gasteiger partial charge on any atom is -0.276 e. The first-order valence-electron chi connectivity index (χ1n) is 6.35. The molecule has 22 heavy (non-hydrogen) atoms. The first-order chi connectivity index (χ1) is 10.5. The largest absolute Gasteiger partial charge is 0.276 e. The highest BCUT2D eigenvalue weighted by Crippen LogP contribution is 2.28. The fourth-order valence-corrected chi connectivity index (χ4v) is 4.49. The molecule has 5 nitrogen and oxygen atoms in total. The summed E-state index contributed by atoms with van der Waals surface area (Å²) in [5.74, 6) is 0.239. The highest BCUT2D eigenvalue weighted by molar-refractivity contribution is 7.94. The highest BCUT2D eigenvalue weighted by Gasteiger charge is 2.18. The van der Waals surface area contributed by atoms with E-state index in [1.807, 2.05) is 31.2 Å². The van der Waals surface area contributed by atoms with Crippen molar-refractivity contribution in [3.8, 4) is 11.3 Å². The maximum atomic E-state index is 12.2. The van der Waals surface area contributed by atoms with Crippen LogP contribution in [0.3, 0.4) is 0 Å². The van der Waals surface area contributed by atoms with E-state index in [1.165, 1.54) is 6.07 Å². The van der Waals surface area contributed by atoms with Gasteiger partial charge in [-0.3, -0.25) is 9.82 Å². The van der Waals surface area contributed by atoms with Gasteiger partial charge in [0.25, 0.3) is 10.0 Å². The summed E-state index contributed by atoms with van der Waals surface area (Å²) in [6, 6.07) is 12.5. The first-order valence-corrected chi connectivity index (χ1v) is 9.03. The number of hydrogen-bond acceptors (Lipinski definition) is 4. The molecule has 0 saturated heterocycles. The van der Waals surface area contributed by atoms with Crippen LogP contribution in [0.15, 0.2) is 46.7 Å². The van der Waals surface area contributed by atoms with Gasteiger partial charge in [0.1, 0.15) is 4.21 Å². The fourth-order valence-electron chi connectivity index (χ4n) is 2.02. The number of aromatic nitrogens is 2. The van der Waals surface area contributed by atoms with Crippen molar-refractivity contribution in [2.24, 2.45) is 0 Å². The summed E-state index contributed by atoms with van der Waals surface area (Å²) in [6.45, 7) is 1.98. The van der Waals surface area contributed by atoms with Crippen LogP contribution in [0.25, 0.3) is 11.3 Å². The zero-order chi connectivity index (χ0) is 15.7. The third-order valence-electron chi connectivity index (χ3n) is 3.07. The number of aromatic amines is 1. The molecule has 0 spiro atoms. The normalized spacial score (nSPS) is 11.5. The summed E-state index contributed by atoms with van der Waals surface area (Å²) in [5.41, 5.74) is 2.80. The molecule has 3 aromatic rings. The second-order valence-corrected chi connectivity index (χ2v) is 8.27. The summed E-state index contributed by atoms with van der Waals surface area (Å²) in [4.78, 5) is 0. The molecule has 0 amide bonds. The molecule has 0 aliphatic heterocycles. The Balaban J connectivity index is 1.88. The van der Waals surface area contributed by atoms with Gasteiger partial charge < -0.3 is 0 Å². The lowest BCUT2D eigenvalue weighted by atomic mass is 10.1. The average molecular weight is 354 g/mol. The Morgan fingerprint density at radius 1 is 1.23 bits per heavy atom. The van der Waals surface area contributed by atoms with Gasteiger partial charge in [0, 0.05) is 11.6 Å². The van der Waals surface area contributed by atoms with E-state index in [1.54, 1.807) is 12.1 Å². The van der Waals surface area contributed by atoms with Crippen molar-refractivity contribution in [3.05, 3.63) is 52.4 Å². The average Bonchev–Trinajstić information content (AvgIpc) is 3.08. The van der Waals surface area contributed by atoms with Gasteiger partial charge in [0.05, 0.1) is 10.0 Å². The van der Waals surface area contributed by atoms with Gasteiger partial charge in [-0.05, 0) is 24.6 Å². The molecular weight excluding hydrogens is 342 g/mol. The van der Waals surface area contributed by atoms with Crippen molar-refractivity contribution in [1.82, 2.24) is 10.2 Å². The summed E-state index contributed by atoms with van der Waals surface area (Å²) in [5, 5.41) is 6.85. The van der Waals surface area contributed by atoms with E-state index in [0.717, 1.165) is 28.2 Å². The number of hydrogen-bond donors (Lipinski definition) is 2. The standard InChI is InChI=1S/C14H12ClN3O2S2/c1-9-4-2-3-5-10(9)11-8-13(17-16-11)18-22(19,20)14-7-6-12(15)21-14/h2-8H,1H3,(H2,16,17,18). The molecule has 8 heteroatoms. The lowest BCUT2D eigenvalue weighted by Crippen LogP contribution is -2.11. The molecule has 2 N–H and O–H groups in total. The van der Waals surface area contributed by atoms with Crippen LogP contribution in [0.1, 0.15) is 5.56 Å². The van der Waals surface area contributed by atoms with E-state index < -0.39 is 10.0 Å². The summed E-state index contributed by atoms with van der Waals surface area (Å²) >= 11 is 6.77. The van der Waals surface area contributed by atoms with Crippen LogP contribution in [-0.4, -0.2) is 18.6 Å². The fraction of sp³-hybridized carbons (Fsp3) is 0.0714. The van der Waals surface area contributed by atoms with Crippen LogP contribution in [-0.2, 0) is 10.0 Å². The van der Waals surface area contributed by atoms with Gasteiger partial charge in [-0.2, -0.15) is 5.10 Å². The second-order valence-electron chi connectivity index (χ2n) is 4.65. The van der Waals surface area contributed by atoms with Gasteiger partial charge in [-0.1, -0.05) is 35.9 Å². The van der Waals surface area contributed by atoms with Gasteiger partial charge >= 0.3 is 0 Å². The predicted molar refractivity (Wildman–Crippen MR) is 88.9 cm³/mol. The molecule has 2 aromatic heterocycles. The summed E-state index contributed by atoms with van der Waals surface area (Å²) < 4.78 is 27.4. The van der Waals surface area contributed by atoms with E-state index in [9.17, 15) is 8.42 Å². The number of aryl methyl sites for hydroxylation is 1. The number of nitrogens with one attached hydrogen (secondary N) is 2. The molecule has 0 bridgehead atoms. The molecule has 0 fully saturated rings. The number of rotatable bonds is 4. The van der Waals surface area contributed by atoms with Crippen molar-refractivity contribution in [2.45, 2.75) is 11.1 Å². The van der Waals surface area contributed by atoms with E-state index in [0.29, 0.717) is 4.34 Å². The van der Waals surface area contributed by atoms with Crippen molar-refractivity contribution >= 4 is 38.8 Å². The molecule has 0 atom stereocenters. The van der Waals surface area contributed by atoms with Crippen molar-refractivity contribution in [3.63, 3.8) is 0 Å². The molecule has 0 saturated carbocycles. The maximum Gasteiger partial charge on any atom is 0.272 e. The lowest BCUT2D eigenvalue weighted by molar-refractivity contribution is 0.603. The molecular formula is C14H12ClN3O2S2. The Morgan fingerprint density at radius 2 is 2.00 bits per heavy atom. The van der Waals surface area contributed by atoms with Crippen molar-refractivity contribution in [2.75, 3.05) is 4.72 Å².